The van der Waals surface area contributed by atoms with Gasteiger partial charge in [0.15, 0.2) is 5.78 Å². The molecule has 0 fully saturated rings. The molecule has 0 aliphatic carbocycles. The van der Waals surface area contributed by atoms with Crippen LogP contribution in [0.15, 0.2) is 48.5 Å². The summed E-state index contributed by atoms with van der Waals surface area (Å²) in [7, 11) is -0.888. The summed E-state index contributed by atoms with van der Waals surface area (Å²) in [6, 6.07) is 11.7. The SMILES string of the molecule is O=C(/C=C/c1ccc2c(c1)B(O)OC2)c1ccc(O)cc1. The molecule has 1 aliphatic heterocycles. The van der Waals surface area contributed by atoms with Crippen molar-refractivity contribution in [3.8, 4) is 5.75 Å². The average molecular weight is 280 g/mol. The molecule has 0 amide bonds. The van der Waals surface area contributed by atoms with Crippen molar-refractivity contribution in [3.05, 3.63) is 65.2 Å². The molecule has 0 radical (unpaired) electrons. The molecule has 1 aliphatic rings. The quantitative estimate of drug-likeness (QED) is 0.508. The summed E-state index contributed by atoms with van der Waals surface area (Å²) in [5, 5.41) is 18.8. The first-order valence-electron chi connectivity index (χ1n) is 6.57. The van der Waals surface area contributed by atoms with Crippen LogP contribution >= 0.6 is 0 Å². The smallest absolute Gasteiger partial charge is 0.491 e. The van der Waals surface area contributed by atoms with Crippen LogP contribution in [0.1, 0.15) is 21.5 Å². The number of allylic oxidation sites excluding steroid dienone is 1. The molecule has 4 nitrogen and oxygen atoms in total. The Bertz CT molecular complexity index is 707. The molecular formula is C16H13BO4. The molecule has 0 unspecified atom stereocenters. The van der Waals surface area contributed by atoms with E-state index in [2.05, 4.69) is 0 Å². The van der Waals surface area contributed by atoms with Crippen molar-refractivity contribution in [2.45, 2.75) is 6.61 Å². The average Bonchev–Trinajstić information content (AvgIpc) is 2.87. The number of carbonyl (C=O) groups is 1. The van der Waals surface area contributed by atoms with Gasteiger partial charge in [0, 0.05) is 5.56 Å². The van der Waals surface area contributed by atoms with E-state index in [0.29, 0.717) is 12.2 Å². The zero-order chi connectivity index (χ0) is 14.8. The van der Waals surface area contributed by atoms with Gasteiger partial charge in [-0.05, 0) is 46.9 Å². The van der Waals surface area contributed by atoms with E-state index in [9.17, 15) is 14.9 Å². The number of rotatable bonds is 3. The number of fused-ring (bicyclic) bond motifs is 1. The second-order valence-corrected chi connectivity index (χ2v) is 4.87. The lowest BCUT2D eigenvalue weighted by molar-refractivity contribution is 0.104. The maximum atomic E-state index is 12.0. The van der Waals surface area contributed by atoms with Crippen molar-refractivity contribution in [2.75, 3.05) is 0 Å². The summed E-state index contributed by atoms with van der Waals surface area (Å²) in [5.41, 5.74) is 3.04. The van der Waals surface area contributed by atoms with E-state index >= 15 is 0 Å². The molecule has 2 aromatic rings. The molecule has 0 aromatic heterocycles. The number of hydrogen-bond acceptors (Lipinski definition) is 4. The van der Waals surface area contributed by atoms with Gasteiger partial charge >= 0.3 is 7.12 Å². The van der Waals surface area contributed by atoms with E-state index in [-0.39, 0.29) is 11.5 Å². The van der Waals surface area contributed by atoms with E-state index in [4.69, 9.17) is 4.65 Å². The van der Waals surface area contributed by atoms with Crippen LogP contribution in [0.2, 0.25) is 0 Å². The molecule has 0 saturated heterocycles. The van der Waals surface area contributed by atoms with E-state index in [1.807, 2.05) is 18.2 Å². The van der Waals surface area contributed by atoms with Crippen LogP contribution in [0.5, 0.6) is 5.75 Å². The topological polar surface area (TPSA) is 66.8 Å². The minimum absolute atomic E-state index is 0.128. The Morgan fingerprint density at radius 1 is 1.19 bits per heavy atom. The number of ketones is 1. The molecule has 5 heteroatoms. The normalized spacial score (nSPS) is 13.7. The van der Waals surface area contributed by atoms with Crippen molar-refractivity contribution in [1.82, 2.24) is 0 Å². The second kappa shape index (κ2) is 5.56. The highest BCUT2D eigenvalue weighted by atomic mass is 16.5. The van der Waals surface area contributed by atoms with E-state index in [1.54, 1.807) is 18.2 Å². The molecular weight excluding hydrogens is 267 g/mol. The highest BCUT2D eigenvalue weighted by Crippen LogP contribution is 2.14. The first-order chi connectivity index (χ1) is 10.1. The Balaban J connectivity index is 1.78. The molecule has 0 atom stereocenters. The molecule has 104 valence electrons. The molecule has 3 rings (SSSR count). The number of phenolic OH excluding ortho intramolecular Hbond substituents is 1. The maximum absolute atomic E-state index is 12.0. The Morgan fingerprint density at radius 3 is 2.71 bits per heavy atom. The Hall–Kier alpha value is -2.37. The van der Waals surface area contributed by atoms with Crippen molar-refractivity contribution >= 4 is 24.4 Å². The van der Waals surface area contributed by atoms with Gasteiger partial charge in [-0.15, -0.1) is 0 Å². The molecule has 21 heavy (non-hydrogen) atoms. The monoisotopic (exact) mass is 280 g/mol. The minimum atomic E-state index is -0.888. The van der Waals surface area contributed by atoms with Gasteiger partial charge in [0.1, 0.15) is 5.75 Å². The first kappa shape index (κ1) is 13.6. The third-order valence-corrected chi connectivity index (χ3v) is 3.41. The number of phenols is 1. The first-order valence-corrected chi connectivity index (χ1v) is 6.57. The van der Waals surface area contributed by atoms with Crippen LogP contribution in [0.25, 0.3) is 6.08 Å². The lowest BCUT2D eigenvalue weighted by atomic mass is 9.79. The molecule has 0 saturated carbocycles. The highest BCUT2D eigenvalue weighted by Gasteiger charge is 2.26. The fraction of sp³-hybridized carbons (Fsp3) is 0.0625. The predicted octanol–water partition coefficient (Wildman–Crippen LogP) is 1.51. The minimum Gasteiger partial charge on any atom is -0.508 e. The van der Waals surface area contributed by atoms with Crippen LogP contribution in [0.4, 0.5) is 0 Å². The third kappa shape index (κ3) is 2.89. The van der Waals surface area contributed by atoms with Crippen LogP contribution in [-0.2, 0) is 11.3 Å². The summed E-state index contributed by atoms with van der Waals surface area (Å²) in [6.07, 6.45) is 3.16. The molecule has 2 N–H and O–H groups in total. The van der Waals surface area contributed by atoms with Gasteiger partial charge in [0.25, 0.3) is 0 Å². The summed E-state index contributed by atoms with van der Waals surface area (Å²) in [6.45, 7) is 0.410. The van der Waals surface area contributed by atoms with Gasteiger partial charge in [-0.1, -0.05) is 24.3 Å². The predicted molar refractivity (Wildman–Crippen MR) is 80.3 cm³/mol. The number of aromatic hydroxyl groups is 1. The molecule has 1 heterocycles. The van der Waals surface area contributed by atoms with Gasteiger partial charge in [-0.25, -0.2) is 0 Å². The largest absolute Gasteiger partial charge is 0.508 e. The van der Waals surface area contributed by atoms with Crippen molar-refractivity contribution < 1.29 is 19.6 Å². The van der Waals surface area contributed by atoms with Crippen LogP contribution in [0.3, 0.4) is 0 Å². The fourth-order valence-corrected chi connectivity index (χ4v) is 2.23. The Kier molecular flexibility index (Phi) is 3.60. The molecule has 2 aromatic carbocycles. The summed E-state index contributed by atoms with van der Waals surface area (Å²) < 4.78 is 5.13. The Labute approximate surface area is 122 Å². The summed E-state index contributed by atoms with van der Waals surface area (Å²) >= 11 is 0. The van der Waals surface area contributed by atoms with E-state index < -0.39 is 7.12 Å². The van der Waals surface area contributed by atoms with Crippen LogP contribution < -0.4 is 5.46 Å². The van der Waals surface area contributed by atoms with E-state index in [0.717, 1.165) is 16.6 Å². The zero-order valence-electron chi connectivity index (χ0n) is 11.2. The summed E-state index contributed by atoms with van der Waals surface area (Å²) in [4.78, 5) is 12.0. The van der Waals surface area contributed by atoms with Crippen LogP contribution in [0, 0.1) is 0 Å². The lowest BCUT2D eigenvalue weighted by Gasteiger charge is -2.00. The van der Waals surface area contributed by atoms with Gasteiger partial charge in [-0.3, -0.25) is 4.79 Å². The molecule has 0 spiro atoms. The third-order valence-electron chi connectivity index (χ3n) is 3.41. The standard InChI is InChI=1S/C16H13BO4/c18-14-6-4-12(5-7-14)16(19)8-2-11-1-3-13-10-21-17(20)15(13)9-11/h1-9,18,20H,10H2/b8-2+. The Morgan fingerprint density at radius 2 is 1.95 bits per heavy atom. The molecule has 0 bridgehead atoms. The van der Waals surface area contributed by atoms with Crippen molar-refractivity contribution in [3.63, 3.8) is 0 Å². The highest BCUT2D eigenvalue weighted by molar-refractivity contribution is 6.61. The van der Waals surface area contributed by atoms with Crippen LogP contribution in [-0.4, -0.2) is 23.0 Å². The van der Waals surface area contributed by atoms with Gasteiger partial charge in [0.05, 0.1) is 6.61 Å². The second-order valence-electron chi connectivity index (χ2n) is 4.87. The zero-order valence-corrected chi connectivity index (χ0v) is 11.2. The van der Waals surface area contributed by atoms with E-state index in [1.165, 1.54) is 18.2 Å². The maximum Gasteiger partial charge on any atom is 0.491 e. The lowest BCUT2D eigenvalue weighted by Crippen LogP contribution is -2.28. The van der Waals surface area contributed by atoms with Gasteiger partial charge in [-0.2, -0.15) is 0 Å². The van der Waals surface area contributed by atoms with Crippen molar-refractivity contribution in [1.29, 1.82) is 0 Å². The summed E-state index contributed by atoms with van der Waals surface area (Å²) in [5.74, 6) is -0.0181. The number of carbonyl (C=O) groups excluding carboxylic acids is 1. The number of hydrogen-bond donors (Lipinski definition) is 2. The van der Waals surface area contributed by atoms with Crippen molar-refractivity contribution in [2.24, 2.45) is 0 Å². The fourth-order valence-electron chi connectivity index (χ4n) is 2.23. The van der Waals surface area contributed by atoms with Gasteiger partial charge in [0.2, 0.25) is 0 Å². The number of benzene rings is 2. The van der Waals surface area contributed by atoms with Gasteiger partial charge < -0.3 is 14.8 Å².